The van der Waals surface area contributed by atoms with Gasteiger partial charge >= 0.3 is 5.97 Å². The number of carbonyl (C=O) groups is 1. The van der Waals surface area contributed by atoms with Crippen molar-refractivity contribution in [2.24, 2.45) is 11.8 Å². The quantitative estimate of drug-likeness (QED) is 0.285. The first-order valence-corrected chi connectivity index (χ1v) is 16.0. The third kappa shape index (κ3) is 5.47. The Bertz CT molecular complexity index is 1550. The Hall–Kier alpha value is -3.49. The number of rotatable bonds is 9. The summed E-state index contributed by atoms with van der Waals surface area (Å²) in [6, 6.07) is 14.3. The number of carboxylic acid groups (broad SMARTS) is 1. The number of nitrogens with zero attached hydrogens (tertiary/aromatic N) is 2. The molecule has 3 atom stereocenters. The molecule has 2 unspecified atom stereocenters. The molecule has 3 fully saturated rings. The van der Waals surface area contributed by atoms with Gasteiger partial charge in [-0.15, -0.1) is 0 Å². The highest BCUT2D eigenvalue weighted by atomic mass is 19.1. The molecule has 3 heterocycles. The van der Waals surface area contributed by atoms with Crippen molar-refractivity contribution in [3.05, 3.63) is 76.7 Å². The van der Waals surface area contributed by atoms with Gasteiger partial charge in [0.25, 0.3) is 0 Å². The van der Waals surface area contributed by atoms with Gasteiger partial charge in [-0.3, -0.25) is 9.69 Å². The molecule has 0 bridgehead atoms. The van der Waals surface area contributed by atoms with Crippen molar-refractivity contribution in [3.8, 4) is 22.8 Å². The summed E-state index contributed by atoms with van der Waals surface area (Å²) in [6.07, 6.45) is 8.38. The summed E-state index contributed by atoms with van der Waals surface area (Å²) in [7, 11) is 1.54. The molecule has 2 aliphatic carbocycles. The first kappa shape index (κ1) is 29.2. The van der Waals surface area contributed by atoms with Crippen molar-refractivity contribution >= 4 is 5.97 Å². The van der Waals surface area contributed by atoms with Gasteiger partial charge < -0.3 is 19.3 Å². The SMILES string of the molecule is COc1cc(-c2ccc(C3CCc4ccc(C(C5CC5)[C@H](C)C(=O)O)cc4O3)cc2CN2CCOCC23CCC3)c(F)cn1. The van der Waals surface area contributed by atoms with Gasteiger partial charge in [0.2, 0.25) is 5.88 Å². The number of aromatic nitrogens is 1. The van der Waals surface area contributed by atoms with Crippen molar-refractivity contribution < 1.29 is 28.5 Å². The Morgan fingerprint density at radius 2 is 2.00 bits per heavy atom. The maximum atomic E-state index is 15.3. The Labute approximate surface area is 258 Å². The number of aliphatic carboxylic acids is 1. The highest BCUT2D eigenvalue weighted by molar-refractivity contribution is 5.71. The molecule has 2 saturated carbocycles. The van der Waals surface area contributed by atoms with Crippen molar-refractivity contribution in [3.63, 3.8) is 0 Å². The predicted molar refractivity (Wildman–Crippen MR) is 164 cm³/mol. The number of carboxylic acids is 1. The minimum absolute atomic E-state index is 0.00717. The fourth-order valence-corrected chi connectivity index (χ4v) is 7.61. The minimum Gasteiger partial charge on any atom is -0.485 e. The van der Waals surface area contributed by atoms with E-state index in [1.54, 1.807) is 13.2 Å². The number of hydrogen-bond acceptors (Lipinski definition) is 6. The number of aryl methyl sites for hydroxylation is 1. The fraction of sp³-hybridized carbons (Fsp3) is 0.500. The molecule has 3 aromatic rings. The van der Waals surface area contributed by atoms with E-state index in [4.69, 9.17) is 14.2 Å². The number of hydrogen-bond donors (Lipinski definition) is 1. The van der Waals surface area contributed by atoms with Crippen molar-refractivity contribution in [1.82, 2.24) is 9.88 Å². The van der Waals surface area contributed by atoms with Gasteiger partial charge in [-0.1, -0.05) is 37.3 Å². The molecule has 0 radical (unpaired) electrons. The molecule has 7 nitrogen and oxygen atoms in total. The lowest BCUT2D eigenvalue weighted by Crippen LogP contribution is -2.60. The number of benzene rings is 2. The minimum atomic E-state index is -0.752. The molecular formula is C36H41FN2O5. The standard InChI is InChI=1S/C36H41FN2O5/c1-22(35(40)41)34(24-5-6-24)26-7-4-23-9-11-31(44-32(23)17-26)25-8-10-28(29-18-33(42-2)38-19-30(29)37)27(16-25)20-39-14-15-43-21-36(39)12-3-13-36/h4,7-8,10,16-19,22,24,31,34H,3,5-6,9,11-15,20-21H2,1-2H3,(H,40,41)/t22-,31?,34?/m0/s1. The van der Waals surface area contributed by atoms with Crippen molar-refractivity contribution in [2.75, 3.05) is 26.9 Å². The summed E-state index contributed by atoms with van der Waals surface area (Å²) >= 11 is 0. The van der Waals surface area contributed by atoms with Crippen LogP contribution in [-0.4, -0.2) is 53.4 Å². The van der Waals surface area contributed by atoms with Crippen LogP contribution in [0.2, 0.25) is 0 Å². The average Bonchev–Trinajstić information content (AvgIpc) is 3.86. The Morgan fingerprint density at radius 1 is 1.16 bits per heavy atom. The highest BCUT2D eigenvalue weighted by Gasteiger charge is 2.45. The van der Waals surface area contributed by atoms with E-state index in [1.165, 1.54) is 12.6 Å². The summed E-state index contributed by atoms with van der Waals surface area (Å²) < 4.78 is 33.2. The van der Waals surface area contributed by atoms with Gasteiger partial charge in [0.15, 0.2) is 0 Å². The molecule has 2 aromatic carbocycles. The highest BCUT2D eigenvalue weighted by Crippen LogP contribution is 2.49. The number of methoxy groups -OCH3 is 1. The first-order chi connectivity index (χ1) is 21.3. The van der Waals surface area contributed by atoms with Gasteiger partial charge in [-0.05, 0) is 90.7 Å². The normalized spacial score (nSPS) is 22.4. The second-order valence-electron chi connectivity index (χ2n) is 13.2. The van der Waals surface area contributed by atoms with Crippen LogP contribution in [0.4, 0.5) is 4.39 Å². The van der Waals surface area contributed by atoms with Crippen LogP contribution in [0.15, 0.2) is 48.7 Å². The third-order valence-corrected chi connectivity index (χ3v) is 10.5. The summed E-state index contributed by atoms with van der Waals surface area (Å²) in [6.45, 7) is 4.80. The molecule has 1 spiro atoms. The maximum Gasteiger partial charge on any atom is 0.306 e. The summed E-state index contributed by atoms with van der Waals surface area (Å²) in [5, 5.41) is 9.79. The van der Waals surface area contributed by atoms with E-state index in [-0.39, 0.29) is 23.4 Å². The molecule has 2 aliphatic heterocycles. The van der Waals surface area contributed by atoms with Gasteiger partial charge in [0, 0.05) is 30.3 Å². The lowest BCUT2D eigenvalue weighted by atomic mass is 9.75. The van der Waals surface area contributed by atoms with Gasteiger partial charge in [0.05, 0.1) is 32.4 Å². The molecule has 232 valence electrons. The molecule has 1 aromatic heterocycles. The molecule has 1 N–H and O–H groups in total. The van der Waals surface area contributed by atoms with Crippen LogP contribution >= 0.6 is 0 Å². The van der Waals surface area contributed by atoms with Crippen molar-refractivity contribution in [2.45, 2.75) is 76.0 Å². The zero-order chi connectivity index (χ0) is 30.4. The van der Waals surface area contributed by atoms with Crippen LogP contribution in [0.3, 0.4) is 0 Å². The van der Waals surface area contributed by atoms with Crippen LogP contribution in [0, 0.1) is 17.7 Å². The zero-order valence-corrected chi connectivity index (χ0v) is 25.6. The molecule has 44 heavy (non-hydrogen) atoms. The second kappa shape index (κ2) is 11.8. The lowest BCUT2D eigenvalue weighted by molar-refractivity contribution is -0.142. The monoisotopic (exact) mass is 600 g/mol. The number of halogens is 1. The first-order valence-electron chi connectivity index (χ1n) is 16.0. The van der Waals surface area contributed by atoms with Gasteiger partial charge in [0.1, 0.15) is 17.7 Å². The molecule has 4 aliphatic rings. The van der Waals surface area contributed by atoms with Crippen LogP contribution < -0.4 is 9.47 Å². The Balaban J connectivity index is 1.22. The lowest BCUT2D eigenvalue weighted by Gasteiger charge is -2.53. The van der Waals surface area contributed by atoms with E-state index in [9.17, 15) is 9.90 Å². The summed E-state index contributed by atoms with van der Waals surface area (Å²) in [5.74, 6) is 0.0605. The van der Waals surface area contributed by atoms with Crippen LogP contribution in [0.25, 0.3) is 11.1 Å². The zero-order valence-electron chi connectivity index (χ0n) is 25.6. The number of fused-ring (bicyclic) bond motifs is 1. The average molecular weight is 601 g/mol. The largest absolute Gasteiger partial charge is 0.485 e. The van der Waals surface area contributed by atoms with E-state index in [2.05, 4.69) is 40.2 Å². The number of pyridine rings is 1. The predicted octanol–water partition coefficient (Wildman–Crippen LogP) is 6.93. The van der Waals surface area contributed by atoms with Crippen LogP contribution in [0.5, 0.6) is 11.6 Å². The van der Waals surface area contributed by atoms with Crippen LogP contribution in [0.1, 0.15) is 79.7 Å². The Morgan fingerprint density at radius 3 is 2.73 bits per heavy atom. The smallest absolute Gasteiger partial charge is 0.306 e. The van der Waals surface area contributed by atoms with E-state index < -0.39 is 11.9 Å². The second-order valence-corrected chi connectivity index (χ2v) is 13.2. The number of morpholine rings is 1. The van der Waals surface area contributed by atoms with E-state index >= 15 is 4.39 Å². The maximum absolute atomic E-state index is 15.3. The van der Waals surface area contributed by atoms with Crippen LogP contribution in [-0.2, 0) is 22.5 Å². The summed E-state index contributed by atoms with van der Waals surface area (Å²) in [5.41, 5.74) is 5.70. The molecular weight excluding hydrogens is 559 g/mol. The Kier molecular flexibility index (Phi) is 7.83. The van der Waals surface area contributed by atoms with E-state index in [0.29, 0.717) is 30.5 Å². The molecule has 7 rings (SSSR count). The summed E-state index contributed by atoms with van der Waals surface area (Å²) in [4.78, 5) is 18.5. The molecule has 8 heteroatoms. The molecule has 1 saturated heterocycles. The van der Waals surface area contributed by atoms with Gasteiger partial charge in [-0.25, -0.2) is 9.37 Å². The number of ether oxygens (including phenoxy) is 3. The topological polar surface area (TPSA) is 81.1 Å². The van der Waals surface area contributed by atoms with Crippen molar-refractivity contribution in [1.29, 1.82) is 0 Å². The van der Waals surface area contributed by atoms with Gasteiger partial charge in [-0.2, -0.15) is 0 Å². The third-order valence-electron chi connectivity index (χ3n) is 10.5. The molecule has 0 amide bonds. The van der Waals surface area contributed by atoms with E-state index in [0.717, 1.165) is 85.2 Å². The fourth-order valence-electron chi connectivity index (χ4n) is 7.61. The van der Waals surface area contributed by atoms with E-state index in [1.807, 2.05) is 13.0 Å².